The van der Waals surface area contributed by atoms with Crippen LogP contribution in [0.2, 0.25) is 0 Å². The topological polar surface area (TPSA) is 24.5 Å². The quantitative estimate of drug-likeness (QED) is 0.764. The first-order valence-corrected chi connectivity index (χ1v) is 5.81. The van der Waals surface area contributed by atoms with Crippen molar-refractivity contribution >= 4 is 0 Å². The van der Waals surface area contributed by atoms with Crippen LogP contribution in [0.25, 0.3) is 0 Å². The van der Waals surface area contributed by atoms with Crippen LogP contribution in [0.4, 0.5) is 0 Å². The zero-order chi connectivity index (χ0) is 11.5. The predicted molar refractivity (Wildman–Crippen MR) is 64.2 cm³/mol. The number of hydrogen-bond donors (Lipinski definition) is 1. The van der Waals surface area contributed by atoms with E-state index in [0.29, 0.717) is 0 Å². The molecule has 1 aliphatic heterocycles. The molecule has 15 heavy (non-hydrogen) atoms. The second kappa shape index (κ2) is 4.81. The third kappa shape index (κ3) is 4.49. The Morgan fingerprint density at radius 2 is 2.07 bits per heavy atom. The smallest absolute Gasteiger partial charge is 0.0525 e. The van der Waals surface area contributed by atoms with E-state index in [1.807, 2.05) is 0 Å². The van der Waals surface area contributed by atoms with Crippen molar-refractivity contribution in [3.05, 3.63) is 0 Å². The molecule has 1 N–H and O–H groups in total. The van der Waals surface area contributed by atoms with Gasteiger partial charge in [0.05, 0.1) is 6.61 Å². The van der Waals surface area contributed by atoms with E-state index in [9.17, 15) is 0 Å². The van der Waals surface area contributed by atoms with Crippen LogP contribution in [-0.2, 0) is 4.74 Å². The van der Waals surface area contributed by atoms with Gasteiger partial charge in [0, 0.05) is 44.2 Å². The van der Waals surface area contributed by atoms with Crippen LogP contribution in [-0.4, -0.2) is 50.3 Å². The Balaban J connectivity index is 2.44. The Bertz CT molecular complexity index is 202. The lowest BCUT2D eigenvalue weighted by Crippen LogP contribution is -2.58. The first-order valence-electron chi connectivity index (χ1n) is 5.81. The lowest BCUT2D eigenvalue weighted by atomic mass is 9.92. The fourth-order valence-electron chi connectivity index (χ4n) is 2.42. The molecule has 1 fully saturated rings. The summed E-state index contributed by atoms with van der Waals surface area (Å²) in [6.45, 7) is 14.4. The maximum Gasteiger partial charge on any atom is 0.0525 e. The largest absolute Gasteiger partial charge is 0.384 e. The Hall–Kier alpha value is -0.120. The molecule has 0 aliphatic carbocycles. The lowest BCUT2D eigenvalue weighted by Gasteiger charge is -2.42. The molecule has 0 aromatic rings. The Kier molecular flexibility index (Phi) is 4.15. The molecule has 0 saturated carbocycles. The molecule has 0 atom stereocenters. The summed E-state index contributed by atoms with van der Waals surface area (Å²) in [6.07, 6.45) is 0. The molecule has 3 heteroatoms. The van der Waals surface area contributed by atoms with E-state index in [4.69, 9.17) is 4.74 Å². The van der Waals surface area contributed by atoms with Crippen molar-refractivity contribution in [2.45, 2.75) is 33.2 Å². The van der Waals surface area contributed by atoms with Gasteiger partial charge >= 0.3 is 0 Å². The Morgan fingerprint density at radius 3 is 2.60 bits per heavy atom. The molecule has 0 aromatic heterocycles. The molecule has 0 radical (unpaired) electrons. The maximum absolute atomic E-state index is 5.26. The van der Waals surface area contributed by atoms with Crippen LogP contribution < -0.4 is 5.32 Å². The van der Waals surface area contributed by atoms with Crippen molar-refractivity contribution in [1.82, 2.24) is 10.2 Å². The van der Waals surface area contributed by atoms with Gasteiger partial charge in [-0.25, -0.2) is 0 Å². The van der Waals surface area contributed by atoms with E-state index >= 15 is 0 Å². The molecule has 0 aromatic carbocycles. The first kappa shape index (κ1) is 12.9. The number of rotatable bonds is 4. The standard InChI is InChI=1S/C12H26N2O/c1-11(2,10-15-5)8-14-7-6-13-12(3,4)9-14/h13H,6-10H2,1-5H3. The molecular formula is C12H26N2O. The highest BCUT2D eigenvalue weighted by atomic mass is 16.5. The lowest BCUT2D eigenvalue weighted by molar-refractivity contribution is 0.0500. The molecule has 90 valence electrons. The van der Waals surface area contributed by atoms with Crippen molar-refractivity contribution < 1.29 is 4.74 Å². The van der Waals surface area contributed by atoms with Crippen LogP contribution in [0.3, 0.4) is 0 Å². The van der Waals surface area contributed by atoms with Gasteiger partial charge in [-0.1, -0.05) is 13.8 Å². The summed E-state index contributed by atoms with van der Waals surface area (Å²) < 4.78 is 5.26. The number of piperazine rings is 1. The second-order valence-corrected chi connectivity index (χ2v) is 6.12. The summed E-state index contributed by atoms with van der Waals surface area (Å²) in [5, 5.41) is 3.53. The van der Waals surface area contributed by atoms with E-state index in [1.54, 1.807) is 7.11 Å². The summed E-state index contributed by atoms with van der Waals surface area (Å²) in [6, 6.07) is 0. The summed E-state index contributed by atoms with van der Waals surface area (Å²) >= 11 is 0. The zero-order valence-corrected chi connectivity index (χ0v) is 10.9. The molecule has 0 unspecified atom stereocenters. The van der Waals surface area contributed by atoms with Crippen LogP contribution in [0.15, 0.2) is 0 Å². The van der Waals surface area contributed by atoms with Gasteiger partial charge in [0.1, 0.15) is 0 Å². The van der Waals surface area contributed by atoms with Crippen molar-refractivity contribution in [3.8, 4) is 0 Å². The predicted octanol–water partition coefficient (Wildman–Crippen LogP) is 1.34. The van der Waals surface area contributed by atoms with Gasteiger partial charge in [0.2, 0.25) is 0 Å². The molecule has 0 spiro atoms. The number of nitrogens with zero attached hydrogens (tertiary/aromatic N) is 1. The minimum Gasteiger partial charge on any atom is -0.384 e. The maximum atomic E-state index is 5.26. The highest BCUT2D eigenvalue weighted by Crippen LogP contribution is 2.20. The van der Waals surface area contributed by atoms with E-state index < -0.39 is 0 Å². The number of methoxy groups -OCH3 is 1. The molecule has 0 amide bonds. The Labute approximate surface area is 94.2 Å². The summed E-state index contributed by atoms with van der Waals surface area (Å²) in [4.78, 5) is 2.54. The van der Waals surface area contributed by atoms with Crippen molar-refractivity contribution in [2.75, 3.05) is 39.9 Å². The molecule has 3 nitrogen and oxygen atoms in total. The molecule has 1 heterocycles. The fraction of sp³-hybridized carbons (Fsp3) is 1.00. The van der Waals surface area contributed by atoms with Gasteiger partial charge in [-0.15, -0.1) is 0 Å². The van der Waals surface area contributed by atoms with Crippen LogP contribution in [0.1, 0.15) is 27.7 Å². The van der Waals surface area contributed by atoms with Gasteiger partial charge < -0.3 is 10.1 Å². The number of hydrogen-bond acceptors (Lipinski definition) is 3. The van der Waals surface area contributed by atoms with Crippen molar-refractivity contribution in [2.24, 2.45) is 5.41 Å². The van der Waals surface area contributed by atoms with E-state index in [1.165, 1.54) is 0 Å². The third-order valence-corrected chi connectivity index (χ3v) is 2.84. The van der Waals surface area contributed by atoms with Crippen molar-refractivity contribution in [3.63, 3.8) is 0 Å². The number of nitrogens with one attached hydrogen (secondary N) is 1. The van der Waals surface area contributed by atoms with E-state index in [2.05, 4.69) is 37.9 Å². The van der Waals surface area contributed by atoms with Gasteiger partial charge in [-0.3, -0.25) is 4.90 Å². The highest BCUT2D eigenvalue weighted by Gasteiger charge is 2.29. The van der Waals surface area contributed by atoms with Gasteiger partial charge in [0.15, 0.2) is 0 Å². The first-order chi connectivity index (χ1) is 6.85. The summed E-state index contributed by atoms with van der Waals surface area (Å²) in [7, 11) is 1.78. The Morgan fingerprint density at radius 1 is 1.40 bits per heavy atom. The normalized spacial score (nSPS) is 23.0. The van der Waals surface area contributed by atoms with Gasteiger partial charge in [0.25, 0.3) is 0 Å². The monoisotopic (exact) mass is 214 g/mol. The molecule has 1 saturated heterocycles. The number of ether oxygens (including phenoxy) is 1. The second-order valence-electron chi connectivity index (χ2n) is 6.12. The van der Waals surface area contributed by atoms with Crippen LogP contribution >= 0.6 is 0 Å². The minimum atomic E-state index is 0.251. The summed E-state index contributed by atoms with van der Waals surface area (Å²) in [5.74, 6) is 0. The van der Waals surface area contributed by atoms with Crippen LogP contribution in [0.5, 0.6) is 0 Å². The molecular weight excluding hydrogens is 188 g/mol. The van der Waals surface area contributed by atoms with E-state index in [0.717, 1.165) is 32.8 Å². The average molecular weight is 214 g/mol. The SMILES string of the molecule is COCC(C)(C)CN1CCNC(C)(C)C1. The summed E-state index contributed by atoms with van der Waals surface area (Å²) in [5.41, 5.74) is 0.504. The third-order valence-electron chi connectivity index (χ3n) is 2.84. The zero-order valence-electron chi connectivity index (χ0n) is 10.9. The fourth-order valence-corrected chi connectivity index (χ4v) is 2.42. The van der Waals surface area contributed by atoms with Gasteiger partial charge in [-0.2, -0.15) is 0 Å². The van der Waals surface area contributed by atoms with Crippen molar-refractivity contribution in [1.29, 1.82) is 0 Å². The molecule has 0 bridgehead atoms. The van der Waals surface area contributed by atoms with Gasteiger partial charge in [-0.05, 0) is 13.8 Å². The van der Waals surface area contributed by atoms with E-state index in [-0.39, 0.29) is 11.0 Å². The average Bonchev–Trinajstić information content (AvgIpc) is 1.99. The minimum absolute atomic E-state index is 0.251. The van der Waals surface area contributed by atoms with Crippen LogP contribution in [0, 0.1) is 5.41 Å². The molecule has 1 rings (SSSR count). The highest BCUT2D eigenvalue weighted by molar-refractivity contribution is 4.88. The molecule has 1 aliphatic rings.